The Balaban J connectivity index is 2.99. The summed E-state index contributed by atoms with van der Waals surface area (Å²) < 4.78 is 19.3. The van der Waals surface area contributed by atoms with Gasteiger partial charge in [0.2, 0.25) is 0 Å². The summed E-state index contributed by atoms with van der Waals surface area (Å²) in [5.41, 5.74) is 1.85. The maximum atomic E-state index is 12.1. The second-order valence-electron chi connectivity index (χ2n) is 5.37. The van der Waals surface area contributed by atoms with E-state index in [0.717, 1.165) is 11.1 Å². The number of nitrogens with one attached hydrogen (secondary N) is 1. The van der Waals surface area contributed by atoms with Gasteiger partial charge < -0.3 is 4.74 Å². The standard InChI is InChI=1S/C14H21NO3S/c1-10-6-8-11(9-7-10)12(13(16)18-5)15-19(17)14(2,3)4/h6-9,12,15H,1-5H3/t12-,19?/m1/s1. The summed E-state index contributed by atoms with van der Waals surface area (Å²) >= 11 is 0. The van der Waals surface area contributed by atoms with Crippen LogP contribution in [0.15, 0.2) is 24.3 Å². The summed E-state index contributed by atoms with van der Waals surface area (Å²) in [7, 11) is -0.0216. The van der Waals surface area contributed by atoms with E-state index in [1.807, 2.05) is 52.0 Å². The lowest BCUT2D eigenvalue weighted by molar-refractivity contribution is -0.142. The van der Waals surface area contributed by atoms with E-state index in [-0.39, 0.29) is 0 Å². The molecular weight excluding hydrogens is 262 g/mol. The van der Waals surface area contributed by atoms with Crippen LogP contribution in [-0.2, 0) is 20.5 Å². The Kier molecular flexibility index (Phi) is 5.26. The van der Waals surface area contributed by atoms with Crippen molar-refractivity contribution >= 4 is 17.0 Å². The normalized spacial score (nSPS) is 14.8. The van der Waals surface area contributed by atoms with E-state index in [1.54, 1.807) is 0 Å². The average Bonchev–Trinajstić information content (AvgIpc) is 2.35. The molecule has 0 aliphatic heterocycles. The highest BCUT2D eigenvalue weighted by molar-refractivity contribution is 7.84. The van der Waals surface area contributed by atoms with Crippen molar-refractivity contribution in [3.63, 3.8) is 0 Å². The summed E-state index contributed by atoms with van der Waals surface area (Å²) in [6, 6.07) is 6.78. The largest absolute Gasteiger partial charge is 0.468 e. The molecule has 0 saturated carbocycles. The second kappa shape index (κ2) is 6.30. The van der Waals surface area contributed by atoms with Gasteiger partial charge in [-0.2, -0.15) is 0 Å². The average molecular weight is 283 g/mol. The van der Waals surface area contributed by atoms with E-state index in [9.17, 15) is 9.00 Å². The molecule has 0 radical (unpaired) electrons. The van der Waals surface area contributed by atoms with E-state index in [0.29, 0.717) is 0 Å². The fourth-order valence-corrected chi connectivity index (χ4v) is 2.21. The minimum absolute atomic E-state index is 0.443. The summed E-state index contributed by atoms with van der Waals surface area (Å²) in [4.78, 5) is 11.8. The molecule has 4 nitrogen and oxygen atoms in total. The number of hydrogen-bond acceptors (Lipinski definition) is 3. The molecule has 1 N–H and O–H groups in total. The van der Waals surface area contributed by atoms with Crippen LogP contribution in [0, 0.1) is 6.92 Å². The summed E-state index contributed by atoms with van der Waals surface area (Å²) in [6.07, 6.45) is 0. The van der Waals surface area contributed by atoms with E-state index >= 15 is 0 Å². The SMILES string of the molecule is COC(=O)[C@H](NS(=O)C(C)(C)C)c1ccc(C)cc1. The minimum atomic E-state index is -1.35. The van der Waals surface area contributed by atoms with E-state index in [1.165, 1.54) is 7.11 Å². The van der Waals surface area contributed by atoms with Crippen molar-refractivity contribution in [3.8, 4) is 0 Å². The van der Waals surface area contributed by atoms with Gasteiger partial charge in [-0.3, -0.25) is 0 Å². The molecule has 0 saturated heterocycles. The summed E-state index contributed by atoms with van der Waals surface area (Å²) in [6.45, 7) is 7.51. The zero-order valence-electron chi connectivity index (χ0n) is 12.0. The number of ether oxygens (including phenoxy) is 1. The number of rotatable bonds is 4. The number of hydrogen-bond donors (Lipinski definition) is 1. The molecule has 1 rings (SSSR count). The van der Waals surface area contributed by atoms with Crippen molar-refractivity contribution in [3.05, 3.63) is 35.4 Å². The number of aryl methyl sites for hydroxylation is 1. The van der Waals surface area contributed by atoms with Crippen LogP contribution in [0.4, 0.5) is 0 Å². The van der Waals surface area contributed by atoms with Crippen LogP contribution in [0.5, 0.6) is 0 Å². The maximum Gasteiger partial charge on any atom is 0.328 e. The molecular formula is C14H21NO3S. The third kappa shape index (κ3) is 4.44. The first kappa shape index (κ1) is 15.9. The zero-order valence-corrected chi connectivity index (χ0v) is 12.8. The Hall–Kier alpha value is -1.20. The fraction of sp³-hybridized carbons (Fsp3) is 0.500. The smallest absolute Gasteiger partial charge is 0.328 e. The summed E-state index contributed by atoms with van der Waals surface area (Å²) in [5, 5.41) is 0. The van der Waals surface area contributed by atoms with Crippen LogP contribution >= 0.6 is 0 Å². The molecule has 0 aromatic heterocycles. The molecule has 0 aliphatic carbocycles. The molecule has 1 aromatic rings. The zero-order chi connectivity index (χ0) is 14.6. The van der Waals surface area contributed by atoms with Gasteiger partial charge in [0.25, 0.3) is 0 Å². The summed E-state index contributed by atoms with van der Waals surface area (Å²) in [5.74, 6) is -0.443. The van der Waals surface area contributed by atoms with Gasteiger partial charge in [-0.05, 0) is 33.3 Å². The van der Waals surface area contributed by atoms with Crippen molar-refractivity contribution in [2.75, 3.05) is 7.11 Å². The predicted octanol–water partition coefficient (Wildman–Crippen LogP) is 2.26. The second-order valence-corrected chi connectivity index (χ2v) is 7.36. The predicted molar refractivity (Wildman–Crippen MR) is 77.0 cm³/mol. The van der Waals surface area contributed by atoms with Crippen LogP contribution in [0.3, 0.4) is 0 Å². The third-order valence-corrected chi connectivity index (χ3v) is 4.19. The topological polar surface area (TPSA) is 55.4 Å². The van der Waals surface area contributed by atoms with Crippen LogP contribution in [0.1, 0.15) is 37.9 Å². The molecule has 5 heteroatoms. The molecule has 19 heavy (non-hydrogen) atoms. The first-order chi connectivity index (χ1) is 8.75. The van der Waals surface area contributed by atoms with Crippen molar-refractivity contribution in [1.29, 1.82) is 0 Å². The maximum absolute atomic E-state index is 12.1. The molecule has 1 unspecified atom stereocenters. The van der Waals surface area contributed by atoms with Gasteiger partial charge in [0.1, 0.15) is 6.04 Å². The van der Waals surface area contributed by atoms with Crippen molar-refractivity contribution in [1.82, 2.24) is 4.72 Å². The molecule has 0 fully saturated rings. The molecule has 106 valence electrons. The van der Waals surface area contributed by atoms with Gasteiger partial charge in [-0.1, -0.05) is 29.8 Å². The highest BCUT2D eigenvalue weighted by Crippen LogP contribution is 2.19. The Morgan fingerprint density at radius 3 is 2.21 bits per heavy atom. The molecule has 0 heterocycles. The Morgan fingerprint density at radius 2 is 1.79 bits per heavy atom. The third-order valence-electron chi connectivity index (χ3n) is 2.63. The van der Waals surface area contributed by atoms with Gasteiger partial charge in [-0.15, -0.1) is 0 Å². The first-order valence-corrected chi connectivity index (χ1v) is 7.23. The Morgan fingerprint density at radius 1 is 1.26 bits per heavy atom. The van der Waals surface area contributed by atoms with Gasteiger partial charge in [0.15, 0.2) is 0 Å². The van der Waals surface area contributed by atoms with E-state index < -0.39 is 27.7 Å². The van der Waals surface area contributed by atoms with E-state index in [4.69, 9.17) is 4.74 Å². The molecule has 2 atom stereocenters. The molecule has 0 bridgehead atoms. The van der Waals surface area contributed by atoms with E-state index in [2.05, 4.69) is 4.72 Å². The van der Waals surface area contributed by atoms with Crippen LogP contribution in [0.2, 0.25) is 0 Å². The van der Waals surface area contributed by atoms with Gasteiger partial charge in [0, 0.05) is 0 Å². The molecule has 0 spiro atoms. The number of methoxy groups -OCH3 is 1. The molecule has 1 aromatic carbocycles. The number of benzene rings is 1. The Labute approximate surface area is 117 Å². The quantitative estimate of drug-likeness (QED) is 0.862. The van der Waals surface area contributed by atoms with Crippen molar-refractivity contribution < 1.29 is 13.7 Å². The number of esters is 1. The van der Waals surface area contributed by atoms with Gasteiger partial charge in [0.05, 0.1) is 22.8 Å². The lowest BCUT2D eigenvalue weighted by atomic mass is 10.1. The lowest BCUT2D eigenvalue weighted by Gasteiger charge is -2.23. The lowest BCUT2D eigenvalue weighted by Crippen LogP contribution is -2.39. The Bertz CT molecular complexity index is 463. The highest BCUT2D eigenvalue weighted by Gasteiger charge is 2.28. The monoisotopic (exact) mass is 283 g/mol. The van der Waals surface area contributed by atoms with Crippen molar-refractivity contribution in [2.45, 2.75) is 38.5 Å². The fourth-order valence-electron chi connectivity index (χ4n) is 1.41. The number of carbonyl (C=O) groups excluding carboxylic acids is 1. The minimum Gasteiger partial charge on any atom is -0.468 e. The van der Waals surface area contributed by atoms with Crippen LogP contribution in [-0.4, -0.2) is 22.0 Å². The van der Waals surface area contributed by atoms with Crippen LogP contribution < -0.4 is 4.72 Å². The van der Waals surface area contributed by atoms with Crippen molar-refractivity contribution in [2.24, 2.45) is 0 Å². The number of carbonyl (C=O) groups is 1. The van der Waals surface area contributed by atoms with Crippen LogP contribution in [0.25, 0.3) is 0 Å². The highest BCUT2D eigenvalue weighted by atomic mass is 32.2. The molecule has 0 amide bonds. The van der Waals surface area contributed by atoms with Gasteiger partial charge >= 0.3 is 5.97 Å². The first-order valence-electron chi connectivity index (χ1n) is 6.08. The van der Waals surface area contributed by atoms with Gasteiger partial charge in [-0.25, -0.2) is 13.7 Å². The molecule has 0 aliphatic rings.